The molecular weight excluding hydrogens is 491 g/mol. The summed E-state index contributed by atoms with van der Waals surface area (Å²) in [7, 11) is 1.54. The Morgan fingerprint density at radius 2 is 1.89 bits per heavy atom. The number of rotatable bonds is 5. The first kappa shape index (κ1) is 24.3. The lowest BCUT2D eigenvalue weighted by Gasteiger charge is -2.28. The van der Waals surface area contributed by atoms with Crippen molar-refractivity contribution in [3.05, 3.63) is 59.9 Å². The second kappa shape index (κ2) is 9.58. The van der Waals surface area contributed by atoms with E-state index in [-0.39, 0.29) is 22.8 Å². The molecule has 13 heteroatoms. The van der Waals surface area contributed by atoms with E-state index >= 15 is 0 Å². The number of methoxy groups -OCH3 is 1. The molecule has 1 amide bonds. The number of nitrogens with two attached hydrogens (primary N) is 1. The quantitative estimate of drug-likeness (QED) is 0.416. The second-order valence-electron chi connectivity index (χ2n) is 8.25. The molecule has 5 rings (SSSR count). The van der Waals surface area contributed by atoms with E-state index in [0.29, 0.717) is 49.1 Å². The van der Waals surface area contributed by atoms with Crippen LogP contribution in [0.5, 0.6) is 5.75 Å². The highest BCUT2D eigenvalue weighted by Crippen LogP contribution is 2.37. The zero-order chi connectivity index (χ0) is 26.2. The first-order chi connectivity index (χ1) is 17.7. The maximum Gasteiger partial charge on any atom is 0.417 e. The Labute approximate surface area is 208 Å². The van der Waals surface area contributed by atoms with Crippen LogP contribution in [0.25, 0.3) is 16.9 Å². The first-order valence-corrected chi connectivity index (χ1v) is 11.2. The van der Waals surface area contributed by atoms with Crippen molar-refractivity contribution >= 4 is 28.7 Å². The van der Waals surface area contributed by atoms with E-state index in [9.17, 15) is 18.0 Å². The molecule has 1 aliphatic rings. The molecule has 37 heavy (non-hydrogen) atoms. The summed E-state index contributed by atoms with van der Waals surface area (Å²) in [6.07, 6.45) is -2.26. The summed E-state index contributed by atoms with van der Waals surface area (Å²) >= 11 is 0. The van der Waals surface area contributed by atoms with E-state index in [1.54, 1.807) is 37.4 Å². The van der Waals surface area contributed by atoms with Crippen molar-refractivity contribution in [1.82, 2.24) is 19.6 Å². The first-order valence-electron chi connectivity index (χ1n) is 11.2. The Morgan fingerprint density at radius 1 is 1.16 bits per heavy atom. The summed E-state index contributed by atoms with van der Waals surface area (Å²) in [5, 5.41) is 7.10. The second-order valence-corrected chi connectivity index (χ2v) is 8.25. The van der Waals surface area contributed by atoms with Gasteiger partial charge < -0.3 is 25.4 Å². The number of ether oxygens (including phenoxy) is 2. The van der Waals surface area contributed by atoms with E-state index in [2.05, 4.69) is 20.4 Å². The fourth-order valence-electron chi connectivity index (χ4n) is 3.99. The third kappa shape index (κ3) is 4.98. The number of fused-ring (bicyclic) bond motifs is 1. The van der Waals surface area contributed by atoms with E-state index < -0.39 is 17.6 Å². The summed E-state index contributed by atoms with van der Waals surface area (Å²) in [5.41, 5.74) is 5.46. The van der Waals surface area contributed by atoms with Gasteiger partial charge in [-0.1, -0.05) is 0 Å². The monoisotopic (exact) mass is 513 g/mol. The van der Waals surface area contributed by atoms with Crippen LogP contribution in [0.1, 0.15) is 15.9 Å². The van der Waals surface area contributed by atoms with E-state index in [4.69, 9.17) is 15.2 Å². The summed E-state index contributed by atoms with van der Waals surface area (Å²) in [5.74, 6) is 0.119. The van der Waals surface area contributed by atoms with Crippen molar-refractivity contribution in [2.45, 2.75) is 6.18 Å². The molecular formula is C24H22F3N7O3. The molecule has 3 N–H and O–H groups in total. The Kier molecular flexibility index (Phi) is 6.29. The maximum atomic E-state index is 13.8. The number of amides is 1. The molecule has 4 aromatic rings. The predicted octanol–water partition coefficient (Wildman–Crippen LogP) is 3.49. The molecule has 0 atom stereocenters. The lowest BCUT2D eigenvalue weighted by atomic mass is 10.1. The van der Waals surface area contributed by atoms with Crippen molar-refractivity contribution in [3.8, 4) is 17.1 Å². The van der Waals surface area contributed by atoms with E-state index in [1.807, 2.05) is 4.90 Å². The highest BCUT2D eigenvalue weighted by atomic mass is 19.4. The highest BCUT2D eigenvalue weighted by molar-refractivity contribution is 6.05. The van der Waals surface area contributed by atoms with E-state index in [0.717, 1.165) is 12.3 Å². The van der Waals surface area contributed by atoms with Crippen molar-refractivity contribution in [2.24, 2.45) is 0 Å². The van der Waals surface area contributed by atoms with Gasteiger partial charge in [0.15, 0.2) is 11.6 Å². The largest absolute Gasteiger partial charge is 0.497 e. The number of alkyl halides is 3. The number of benzene rings is 1. The zero-order valence-corrected chi connectivity index (χ0v) is 19.6. The number of nitrogen functional groups attached to an aromatic ring is 1. The summed E-state index contributed by atoms with van der Waals surface area (Å²) in [6.45, 7) is 1.79. The average Bonchev–Trinajstić information content (AvgIpc) is 3.33. The Balaban J connectivity index is 1.59. The molecule has 0 aliphatic carbocycles. The van der Waals surface area contributed by atoms with Crippen LogP contribution in [-0.4, -0.2) is 58.9 Å². The minimum Gasteiger partial charge on any atom is -0.497 e. The molecule has 192 valence electrons. The van der Waals surface area contributed by atoms with Gasteiger partial charge in [-0.05, 0) is 36.4 Å². The topological polar surface area (TPSA) is 120 Å². The van der Waals surface area contributed by atoms with Gasteiger partial charge in [-0.25, -0.2) is 14.5 Å². The standard InChI is InChI=1S/C24H22F3N7O3/c1-36-16-4-2-15(3-5-16)30-23(35)14-10-19-22(33-6-8-37-9-7-33)31-21(32-34(19)13-14)17-12-29-20(28)11-18(17)24(25,26)27/h2-5,10-13H,6-9H2,1H3,(H2,28,29)(H,30,35). The van der Waals surface area contributed by atoms with Crippen molar-refractivity contribution in [2.75, 3.05) is 49.4 Å². The third-order valence-electron chi connectivity index (χ3n) is 5.84. The molecule has 1 aliphatic heterocycles. The fraction of sp³-hybridized carbons (Fsp3) is 0.250. The molecule has 0 unspecified atom stereocenters. The fourth-order valence-corrected chi connectivity index (χ4v) is 3.99. The van der Waals surface area contributed by atoms with Gasteiger partial charge >= 0.3 is 6.18 Å². The smallest absolute Gasteiger partial charge is 0.417 e. The molecule has 10 nitrogen and oxygen atoms in total. The van der Waals surface area contributed by atoms with Gasteiger partial charge in [-0.2, -0.15) is 13.2 Å². The molecule has 1 fully saturated rings. The zero-order valence-electron chi connectivity index (χ0n) is 19.6. The van der Waals surface area contributed by atoms with Gasteiger partial charge in [0.05, 0.1) is 37.0 Å². The average molecular weight is 513 g/mol. The number of hydrogen-bond acceptors (Lipinski definition) is 8. The van der Waals surface area contributed by atoms with Gasteiger partial charge in [0.2, 0.25) is 0 Å². The van der Waals surface area contributed by atoms with Crippen molar-refractivity contribution in [3.63, 3.8) is 0 Å². The number of pyridine rings is 1. The summed E-state index contributed by atoms with van der Waals surface area (Å²) in [4.78, 5) is 23.2. The molecule has 1 aromatic carbocycles. The Bertz CT molecular complexity index is 1450. The van der Waals surface area contributed by atoms with Gasteiger partial charge in [-0.15, -0.1) is 5.10 Å². The van der Waals surface area contributed by atoms with Crippen LogP contribution in [0, 0.1) is 0 Å². The number of halogens is 3. The lowest BCUT2D eigenvalue weighted by Crippen LogP contribution is -2.37. The molecule has 3 aromatic heterocycles. The van der Waals surface area contributed by atoms with Gasteiger partial charge in [0.25, 0.3) is 5.91 Å². The van der Waals surface area contributed by atoms with Gasteiger partial charge in [-0.3, -0.25) is 4.79 Å². The number of nitrogens with one attached hydrogen (secondary N) is 1. The van der Waals surface area contributed by atoms with Crippen LogP contribution in [0.4, 0.5) is 30.5 Å². The van der Waals surface area contributed by atoms with Gasteiger partial charge in [0.1, 0.15) is 17.1 Å². The molecule has 0 bridgehead atoms. The van der Waals surface area contributed by atoms with Crippen molar-refractivity contribution in [1.29, 1.82) is 0 Å². The maximum absolute atomic E-state index is 13.8. The Morgan fingerprint density at radius 3 is 2.57 bits per heavy atom. The van der Waals surface area contributed by atoms with Crippen LogP contribution >= 0.6 is 0 Å². The number of nitrogens with zero attached hydrogens (tertiary/aromatic N) is 5. The number of aromatic nitrogens is 4. The number of hydrogen-bond donors (Lipinski definition) is 2. The summed E-state index contributed by atoms with van der Waals surface area (Å²) in [6, 6.07) is 9.14. The van der Waals surface area contributed by atoms with Gasteiger partial charge in [0, 0.05) is 31.2 Å². The lowest BCUT2D eigenvalue weighted by molar-refractivity contribution is -0.137. The third-order valence-corrected chi connectivity index (χ3v) is 5.84. The molecule has 4 heterocycles. The van der Waals surface area contributed by atoms with Crippen LogP contribution in [0.15, 0.2) is 48.8 Å². The number of morpholine rings is 1. The predicted molar refractivity (Wildman–Crippen MR) is 130 cm³/mol. The van der Waals surface area contributed by atoms with Crippen LogP contribution in [-0.2, 0) is 10.9 Å². The summed E-state index contributed by atoms with van der Waals surface area (Å²) < 4.78 is 53.3. The number of carbonyl (C=O) groups is 1. The minimum absolute atomic E-state index is 0.202. The molecule has 0 radical (unpaired) electrons. The molecule has 0 saturated carbocycles. The van der Waals surface area contributed by atoms with Crippen LogP contribution in [0.3, 0.4) is 0 Å². The normalized spacial score (nSPS) is 14.1. The van der Waals surface area contributed by atoms with E-state index in [1.165, 1.54) is 10.7 Å². The number of carbonyl (C=O) groups excluding carboxylic acids is 1. The SMILES string of the molecule is COc1ccc(NC(=O)c2cc3c(N4CCOCC4)nc(-c4cnc(N)cc4C(F)(F)F)nn3c2)cc1. The van der Waals surface area contributed by atoms with Crippen LogP contribution < -0.4 is 20.7 Å². The number of anilines is 3. The molecule has 0 spiro atoms. The minimum atomic E-state index is -4.70. The highest BCUT2D eigenvalue weighted by Gasteiger charge is 2.35. The Hall–Kier alpha value is -4.39. The van der Waals surface area contributed by atoms with Crippen molar-refractivity contribution < 1.29 is 27.4 Å². The molecule has 1 saturated heterocycles. The van der Waals surface area contributed by atoms with Crippen LogP contribution in [0.2, 0.25) is 0 Å².